The summed E-state index contributed by atoms with van der Waals surface area (Å²) in [6.07, 6.45) is 2.45. The van der Waals surface area contributed by atoms with E-state index in [0.717, 1.165) is 24.3 Å². The molecule has 0 saturated carbocycles. The number of furan rings is 1. The van der Waals surface area contributed by atoms with Gasteiger partial charge >= 0.3 is 0 Å². The summed E-state index contributed by atoms with van der Waals surface area (Å²) in [7, 11) is 0. The SMILES string of the molecule is Cc1cc(N2CCCC2)ccc1NC(=O)c1oc2ccc(F)cc2c1C. The van der Waals surface area contributed by atoms with Gasteiger partial charge < -0.3 is 14.6 Å². The number of halogens is 1. The van der Waals surface area contributed by atoms with Crippen LogP contribution >= 0.6 is 0 Å². The molecule has 0 unspecified atom stereocenters. The molecule has 3 aromatic rings. The van der Waals surface area contributed by atoms with Crippen LogP contribution in [-0.4, -0.2) is 19.0 Å². The first-order valence-electron chi connectivity index (χ1n) is 8.88. The molecule has 0 radical (unpaired) electrons. The zero-order chi connectivity index (χ0) is 18.3. The average Bonchev–Trinajstić information content (AvgIpc) is 3.26. The van der Waals surface area contributed by atoms with E-state index < -0.39 is 0 Å². The number of rotatable bonds is 3. The summed E-state index contributed by atoms with van der Waals surface area (Å²) in [5.74, 6) is -0.452. The van der Waals surface area contributed by atoms with Crippen LogP contribution < -0.4 is 10.2 Å². The molecule has 134 valence electrons. The Labute approximate surface area is 151 Å². The fraction of sp³-hybridized carbons (Fsp3) is 0.286. The second kappa shape index (κ2) is 6.48. The number of aryl methyl sites for hydroxylation is 2. The predicted molar refractivity (Wildman–Crippen MR) is 101 cm³/mol. The van der Waals surface area contributed by atoms with Crippen molar-refractivity contribution in [1.29, 1.82) is 0 Å². The molecule has 1 aliphatic heterocycles. The Morgan fingerprint density at radius 2 is 1.88 bits per heavy atom. The minimum Gasteiger partial charge on any atom is -0.451 e. The van der Waals surface area contributed by atoms with Gasteiger partial charge in [-0.1, -0.05) is 0 Å². The molecule has 0 bridgehead atoms. The van der Waals surface area contributed by atoms with Crippen LogP contribution in [0.4, 0.5) is 15.8 Å². The Morgan fingerprint density at radius 1 is 1.12 bits per heavy atom. The standard InChI is InChI=1S/C21H21FN2O2/c1-13-11-16(24-9-3-4-10-24)6-7-18(13)23-21(25)20-14(2)17-12-15(22)5-8-19(17)26-20/h5-8,11-12H,3-4,9-10H2,1-2H3,(H,23,25). The molecule has 1 amide bonds. The Balaban J connectivity index is 1.59. The summed E-state index contributed by atoms with van der Waals surface area (Å²) in [6.45, 7) is 5.92. The van der Waals surface area contributed by atoms with Gasteiger partial charge in [-0.15, -0.1) is 0 Å². The lowest BCUT2D eigenvalue weighted by Gasteiger charge is -2.19. The number of anilines is 2. The molecule has 4 nitrogen and oxygen atoms in total. The van der Waals surface area contributed by atoms with Crippen molar-refractivity contribution in [3.63, 3.8) is 0 Å². The van der Waals surface area contributed by atoms with E-state index in [2.05, 4.69) is 16.3 Å². The lowest BCUT2D eigenvalue weighted by atomic mass is 10.1. The van der Waals surface area contributed by atoms with Gasteiger partial charge in [0.1, 0.15) is 11.4 Å². The average molecular weight is 352 g/mol. The second-order valence-corrected chi connectivity index (χ2v) is 6.84. The molecule has 1 fully saturated rings. The van der Waals surface area contributed by atoms with Crippen molar-refractivity contribution in [3.8, 4) is 0 Å². The highest BCUT2D eigenvalue weighted by Gasteiger charge is 2.19. The van der Waals surface area contributed by atoms with Crippen molar-refractivity contribution in [2.24, 2.45) is 0 Å². The summed E-state index contributed by atoms with van der Waals surface area (Å²) >= 11 is 0. The summed E-state index contributed by atoms with van der Waals surface area (Å²) in [4.78, 5) is 15.0. The monoisotopic (exact) mass is 352 g/mol. The van der Waals surface area contributed by atoms with E-state index >= 15 is 0 Å². The van der Waals surface area contributed by atoms with Gasteiger partial charge in [0.05, 0.1) is 0 Å². The molecular formula is C21H21FN2O2. The third-order valence-corrected chi connectivity index (χ3v) is 5.03. The molecule has 1 saturated heterocycles. The quantitative estimate of drug-likeness (QED) is 0.718. The van der Waals surface area contributed by atoms with E-state index in [9.17, 15) is 9.18 Å². The van der Waals surface area contributed by atoms with Gasteiger partial charge in [-0.25, -0.2) is 4.39 Å². The maximum absolute atomic E-state index is 13.4. The van der Waals surface area contributed by atoms with Crippen LogP contribution in [0.2, 0.25) is 0 Å². The van der Waals surface area contributed by atoms with Crippen LogP contribution in [0, 0.1) is 19.7 Å². The summed E-state index contributed by atoms with van der Waals surface area (Å²) in [6, 6.07) is 10.3. The van der Waals surface area contributed by atoms with Crippen molar-refractivity contribution in [2.75, 3.05) is 23.3 Å². The summed E-state index contributed by atoms with van der Waals surface area (Å²) in [5, 5.41) is 3.54. The first-order valence-corrected chi connectivity index (χ1v) is 8.88. The Hall–Kier alpha value is -2.82. The van der Waals surface area contributed by atoms with E-state index in [-0.39, 0.29) is 17.5 Å². The van der Waals surface area contributed by atoms with Gasteiger partial charge in [-0.05, 0) is 68.7 Å². The molecular weight excluding hydrogens is 331 g/mol. The first kappa shape index (κ1) is 16.6. The molecule has 0 atom stereocenters. The van der Waals surface area contributed by atoms with Crippen molar-refractivity contribution in [3.05, 3.63) is 59.1 Å². The van der Waals surface area contributed by atoms with Crippen LogP contribution in [0.25, 0.3) is 11.0 Å². The van der Waals surface area contributed by atoms with Crippen molar-refractivity contribution in [2.45, 2.75) is 26.7 Å². The van der Waals surface area contributed by atoms with Crippen molar-refractivity contribution in [1.82, 2.24) is 0 Å². The van der Waals surface area contributed by atoms with Crippen LogP contribution in [0.3, 0.4) is 0 Å². The highest BCUT2D eigenvalue weighted by Crippen LogP contribution is 2.29. The number of carbonyl (C=O) groups is 1. The Kier molecular flexibility index (Phi) is 4.15. The van der Waals surface area contributed by atoms with Gasteiger partial charge in [0.2, 0.25) is 0 Å². The number of nitrogens with one attached hydrogen (secondary N) is 1. The molecule has 0 aliphatic carbocycles. The first-order chi connectivity index (χ1) is 12.5. The summed E-state index contributed by atoms with van der Waals surface area (Å²) in [5.41, 5.74) is 4.10. The van der Waals surface area contributed by atoms with Gasteiger partial charge in [0.15, 0.2) is 5.76 Å². The highest BCUT2D eigenvalue weighted by atomic mass is 19.1. The third-order valence-electron chi connectivity index (χ3n) is 5.03. The van der Waals surface area contributed by atoms with Crippen molar-refractivity contribution < 1.29 is 13.6 Å². The molecule has 2 aromatic carbocycles. The molecule has 26 heavy (non-hydrogen) atoms. The minimum atomic E-state index is -0.346. The predicted octanol–water partition coefficient (Wildman–Crippen LogP) is 5.04. The number of benzene rings is 2. The molecule has 0 spiro atoms. The largest absolute Gasteiger partial charge is 0.451 e. The number of nitrogens with zero attached hydrogens (tertiary/aromatic N) is 1. The summed E-state index contributed by atoms with van der Waals surface area (Å²) < 4.78 is 19.1. The molecule has 2 heterocycles. The van der Waals surface area contributed by atoms with Crippen LogP contribution in [0.5, 0.6) is 0 Å². The number of hydrogen-bond donors (Lipinski definition) is 1. The molecule has 5 heteroatoms. The Bertz CT molecular complexity index is 987. The maximum Gasteiger partial charge on any atom is 0.291 e. The fourth-order valence-corrected chi connectivity index (χ4v) is 3.55. The van der Waals surface area contributed by atoms with Gasteiger partial charge in [-0.2, -0.15) is 0 Å². The van der Waals surface area contributed by atoms with E-state index in [4.69, 9.17) is 4.42 Å². The smallest absolute Gasteiger partial charge is 0.291 e. The van der Waals surface area contributed by atoms with Crippen LogP contribution in [0.15, 0.2) is 40.8 Å². The molecule has 1 aliphatic rings. The molecule has 1 aromatic heterocycles. The zero-order valence-corrected chi connectivity index (χ0v) is 14.9. The van der Waals surface area contributed by atoms with E-state index in [0.29, 0.717) is 16.5 Å². The third kappa shape index (κ3) is 2.94. The second-order valence-electron chi connectivity index (χ2n) is 6.84. The molecule has 1 N–H and O–H groups in total. The Morgan fingerprint density at radius 3 is 2.62 bits per heavy atom. The van der Waals surface area contributed by atoms with Crippen molar-refractivity contribution >= 4 is 28.3 Å². The number of hydrogen-bond acceptors (Lipinski definition) is 3. The maximum atomic E-state index is 13.4. The number of fused-ring (bicyclic) bond motifs is 1. The van der Waals surface area contributed by atoms with Gasteiger partial charge in [-0.3, -0.25) is 4.79 Å². The highest BCUT2D eigenvalue weighted by molar-refractivity contribution is 6.06. The zero-order valence-electron chi connectivity index (χ0n) is 14.9. The van der Waals surface area contributed by atoms with E-state index in [1.165, 1.54) is 30.7 Å². The van der Waals surface area contributed by atoms with Crippen LogP contribution in [-0.2, 0) is 0 Å². The topological polar surface area (TPSA) is 45.5 Å². The number of amides is 1. The van der Waals surface area contributed by atoms with Gasteiger partial charge in [0, 0.05) is 35.4 Å². The lowest BCUT2D eigenvalue weighted by molar-refractivity contribution is 0.0998. The normalized spacial score (nSPS) is 14.2. The minimum absolute atomic E-state index is 0.216. The molecule has 4 rings (SSSR count). The lowest BCUT2D eigenvalue weighted by Crippen LogP contribution is -2.18. The van der Waals surface area contributed by atoms with E-state index in [1.807, 2.05) is 19.1 Å². The van der Waals surface area contributed by atoms with E-state index in [1.54, 1.807) is 13.0 Å². The number of carbonyl (C=O) groups excluding carboxylic acids is 1. The fourth-order valence-electron chi connectivity index (χ4n) is 3.55. The van der Waals surface area contributed by atoms with Crippen LogP contribution in [0.1, 0.15) is 34.5 Å². The van der Waals surface area contributed by atoms with Gasteiger partial charge in [0.25, 0.3) is 5.91 Å².